The van der Waals surface area contributed by atoms with Gasteiger partial charge in [-0.2, -0.15) is 5.10 Å². The summed E-state index contributed by atoms with van der Waals surface area (Å²) in [4.78, 5) is 0. The Hall–Kier alpha value is -0.830. The van der Waals surface area contributed by atoms with Gasteiger partial charge < -0.3 is 5.73 Å². The van der Waals surface area contributed by atoms with Crippen LogP contribution in [-0.4, -0.2) is 9.78 Å². The largest absolute Gasteiger partial charge is 0.326 e. The van der Waals surface area contributed by atoms with Crippen LogP contribution in [0.15, 0.2) is 6.20 Å². The summed E-state index contributed by atoms with van der Waals surface area (Å²) in [6.07, 6.45) is 10.8. The smallest absolute Gasteiger partial charge is 0.0731 e. The van der Waals surface area contributed by atoms with Gasteiger partial charge in [-0.05, 0) is 63.2 Å². The second kappa shape index (κ2) is 4.08. The minimum absolute atomic E-state index is 0.393. The Balaban J connectivity index is 1.76. The molecule has 0 amide bonds. The van der Waals surface area contributed by atoms with Crippen LogP contribution < -0.4 is 5.73 Å². The van der Waals surface area contributed by atoms with Crippen molar-refractivity contribution in [2.24, 2.45) is 23.5 Å². The quantitative estimate of drug-likeness (QED) is 0.907. The lowest BCUT2D eigenvalue weighted by Crippen LogP contribution is -2.49. The maximum Gasteiger partial charge on any atom is 0.0731 e. The van der Waals surface area contributed by atoms with Crippen LogP contribution in [0.25, 0.3) is 0 Å². The Morgan fingerprint density at radius 2 is 1.79 bits per heavy atom. The molecule has 0 radical (unpaired) electrons. The molecule has 4 saturated carbocycles. The molecule has 5 rings (SSSR count). The third-order valence-corrected chi connectivity index (χ3v) is 5.92. The first-order valence-electron chi connectivity index (χ1n) is 7.99. The van der Waals surface area contributed by atoms with Gasteiger partial charge in [0.1, 0.15) is 0 Å². The lowest BCUT2D eigenvalue weighted by molar-refractivity contribution is -0.00784. The van der Waals surface area contributed by atoms with Gasteiger partial charge in [0.2, 0.25) is 0 Å². The SMILES string of the molecule is CCn1cc(CN)c(C23CC4CC(CC(C4)C2)C3)n1. The molecule has 104 valence electrons. The molecule has 4 bridgehead atoms. The van der Waals surface area contributed by atoms with Gasteiger partial charge >= 0.3 is 0 Å². The Labute approximate surface area is 115 Å². The van der Waals surface area contributed by atoms with E-state index in [-0.39, 0.29) is 0 Å². The van der Waals surface area contributed by atoms with Gasteiger partial charge in [0.15, 0.2) is 0 Å². The molecule has 1 heterocycles. The van der Waals surface area contributed by atoms with Crippen molar-refractivity contribution in [3.63, 3.8) is 0 Å². The summed E-state index contributed by atoms with van der Waals surface area (Å²) in [5.41, 5.74) is 9.06. The lowest BCUT2D eigenvalue weighted by Gasteiger charge is -2.56. The van der Waals surface area contributed by atoms with Gasteiger partial charge in [-0.3, -0.25) is 4.68 Å². The van der Waals surface area contributed by atoms with Crippen molar-refractivity contribution in [1.29, 1.82) is 0 Å². The normalized spacial score (nSPS) is 40.0. The van der Waals surface area contributed by atoms with Crippen molar-refractivity contribution in [2.45, 2.75) is 64.0 Å². The number of rotatable bonds is 3. The maximum atomic E-state index is 5.98. The molecule has 1 aromatic heterocycles. The summed E-state index contributed by atoms with van der Waals surface area (Å²) in [6.45, 7) is 3.77. The Morgan fingerprint density at radius 1 is 1.21 bits per heavy atom. The van der Waals surface area contributed by atoms with Crippen LogP contribution in [0.2, 0.25) is 0 Å². The van der Waals surface area contributed by atoms with E-state index in [4.69, 9.17) is 10.8 Å². The number of nitrogens with two attached hydrogens (primary N) is 1. The highest BCUT2D eigenvalue weighted by molar-refractivity contribution is 5.29. The van der Waals surface area contributed by atoms with Gasteiger partial charge in [-0.1, -0.05) is 0 Å². The predicted molar refractivity (Wildman–Crippen MR) is 75.6 cm³/mol. The van der Waals surface area contributed by atoms with E-state index in [2.05, 4.69) is 17.8 Å². The van der Waals surface area contributed by atoms with E-state index >= 15 is 0 Å². The highest BCUT2D eigenvalue weighted by Crippen LogP contribution is 2.60. The molecule has 2 N–H and O–H groups in total. The van der Waals surface area contributed by atoms with Crippen molar-refractivity contribution in [3.05, 3.63) is 17.5 Å². The molecule has 0 aliphatic heterocycles. The van der Waals surface area contributed by atoms with Crippen LogP contribution in [0, 0.1) is 17.8 Å². The summed E-state index contributed by atoms with van der Waals surface area (Å²) in [7, 11) is 0. The molecule has 0 unspecified atom stereocenters. The van der Waals surface area contributed by atoms with Gasteiger partial charge in [0.05, 0.1) is 5.69 Å². The first kappa shape index (κ1) is 12.0. The van der Waals surface area contributed by atoms with Crippen LogP contribution in [0.5, 0.6) is 0 Å². The first-order chi connectivity index (χ1) is 9.22. The van der Waals surface area contributed by atoms with Crippen molar-refractivity contribution in [2.75, 3.05) is 0 Å². The number of hydrogen-bond donors (Lipinski definition) is 1. The maximum absolute atomic E-state index is 5.98. The van der Waals surface area contributed by atoms with Gasteiger partial charge in [-0.25, -0.2) is 0 Å². The molecule has 4 aliphatic carbocycles. The average molecular weight is 259 g/mol. The van der Waals surface area contributed by atoms with Crippen LogP contribution in [0.3, 0.4) is 0 Å². The summed E-state index contributed by atoms with van der Waals surface area (Å²) in [5.74, 6) is 2.93. The fraction of sp³-hybridized carbons (Fsp3) is 0.812. The number of nitrogens with zero attached hydrogens (tertiary/aromatic N) is 2. The third kappa shape index (κ3) is 1.70. The van der Waals surface area contributed by atoms with E-state index in [1.807, 2.05) is 0 Å². The second-order valence-corrected chi connectivity index (χ2v) is 7.26. The van der Waals surface area contributed by atoms with Gasteiger partial charge in [-0.15, -0.1) is 0 Å². The fourth-order valence-corrected chi connectivity index (χ4v) is 5.62. The van der Waals surface area contributed by atoms with Gasteiger partial charge in [0, 0.05) is 30.3 Å². The summed E-state index contributed by atoms with van der Waals surface area (Å²) >= 11 is 0. The number of aromatic nitrogens is 2. The molecule has 3 heteroatoms. The highest BCUT2D eigenvalue weighted by atomic mass is 15.3. The molecular formula is C16H25N3. The summed E-state index contributed by atoms with van der Waals surface area (Å²) in [5, 5.41) is 4.93. The molecule has 4 aliphatic rings. The Morgan fingerprint density at radius 3 is 2.26 bits per heavy atom. The van der Waals surface area contributed by atoms with Crippen molar-refractivity contribution in [3.8, 4) is 0 Å². The lowest BCUT2D eigenvalue weighted by atomic mass is 9.48. The van der Waals surface area contributed by atoms with E-state index in [1.165, 1.54) is 49.8 Å². The fourth-order valence-electron chi connectivity index (χ4n) is 5.62. The zero-order valence-corrected chi connectivity index (χ0v) is 11.9. The van der Waals surface area contributed by atoms with E-state index in [1.54, 1.807) is 0 Å². The van der Waals surface area contributed by atoms with Crippen LogP contribution in [-0.2, 0) is 18.5 Å². The Kier molecular flexibility index (Phi) is 2.57. The summed E-state index contributed by atoms with van der Waals surface area (Å²) < 4.78 is 2.09. The van der Waals surface area contributed by atoms with Crippen LogP contribution >= 0.6 is 0 Å². The molecule has 4 fully saturated rings. The average Bonchev–Trinajstić information content (AvgIpc) is 2.81. The molecule has 3 nitrogen and oxygen atoms in total. The van der Waals surface area contributed by atoms with Gasteiger partial charge in [0.25, 0.3) is 0 Å². The van der Waals surface area contributed by atoms with Crippen molar-refractivity contribution in [1.82, 2.24) is 9.78 Å². The minimum atomic E-state index is 0.393. The molecular weight excluding hydrogens is 234 g/mol. The van der Waals surface area contributed by atoms with Crippen LogP contribution in [0.1, 0.15) is 56.7 Å². The molecule has 0 aromatic carbocycles. The highest BCUT2D eigenvalue weighted by Gasteiger charge is 2.53. The Bertz CT molecular complexity index is 453. The monoisotopic (exact) mass is 259 g/mol. The number of hydrogen-bond acceptors (Lipinski definition) is 2. The topological polar surface area (TPSA) is 43.8 Å². The standard InChI is InChI=1S/C16H25N3/c1-2-19-10-14(9-17)15(18-19)16-6-11-3-12(7-16)5-13(4-11)8-16/h10-13H,2-9,17H2,1H3. The molecule has 19 heavy (non-hydrogen) atoms. The van der Waals surface area contributed by atoms with E-state index in [9.17, 15) is 0 Å². The summed E-state index contributed by atoms with van der Waals surface area (Å²) in [6, 6.07) is 0. The zero-order chi connectivity index (χ0) is 13.0. The molecule has 0 spiro atoms. The van der Waals surface area contributed by atoms with Crippen molar-refractivity contribution < 1.29 is 0 Å². The molecule has 0 saturated heterocycles. The van der Waals surface area contributed by atoms with Crippen molar-refractivity contribution >= 4 is 0 Å². The van der Waals surface area contributed by atoms with E-state index < -0.39 is 0 Å². The predicted octanol–water partition coefficient (Wildman–Crippen LogP) is 2.83. The first-order valence-corrected chi connectivity index (χ1v) is 7.99. The zero-order valence-electron chi connectivity index (χ0n) is 11.9. The molecule has 0 atom stereocenters. The van der Waals surface area contributed by atoms with E-state index in [0.717, 1.165) is 24.3 Å². The van der Waals surface area contributed by atoms with E-state index in [0.29, 0.717) is 12.0 Å². The number of aryl methyl sites for hydroxylation is 1. The minimum Gasteiger partial charge on any atom is -0.326 e. The third-order valence-electron chi connectivity index (χ3n) is 5.92. The molecule has 1 aromatic rings. The second-order valence-electron chi connectivity index (χ2n) is 7.26. The van der Waals surface area contributed by atoms with Crippen LogP contribution in [0.4, 0.5) is 0 Å².